The van der Waals surface area contributed by atoms with Gasteiger partial charge in [-0.1, -0.05) is 96.0 Å². The van der Waals surface area contributed by atoms with Crippen LogP contribution in [0.3, 0.4) is 0 Å². The maximum absolute atomic E-state index is 13.9. The first-order valence-corrected chi connectivity index (χ1v) is 13.6. The first-order valence-electron chi connectivity index (χ1n) is 12.8. The molecule has 4 rings (SSSR count). The Morgan fingerprint density at radius 1 is 0.897 bits per heavy atom. The summed E-state index contributed by atoms with van der Waals surface area (Å²) in [5.74, 6) is 0.0126. The zero-order chi connectivity index (χ0) is 28.0. The molecule has 0 aliphatic heterocycles. The van der Waals surface area contributed by atoms with E-state index >= 15 is 0 Å². The third-order valence-electron chi connectivity index (χ3n) is 6.23. The van der Waals surface area contributed by atoms with Crippen molar-refractivity contribution in [3.05, 3.63) is 112 Å². The van der Waals surface area contributed by atoms with Crippen molar-refractivity contribution in [2.45, 2.75) is 45.3 Å². The minimum absolute atomic E-state index is 0.114. The number of amides is 2. The third-order valence-corrected chi connectivity index (χ3v) is 6.81. The molecule has 0 radical (unpaired) electrons. The van der Waals surface area contributed by atoms with Crippen molar-refractivity contribution in [1.29, 1.82) is 0 Å². The van der Waals surface area contributed by atoms with Crippen molar-refractivity contribution in [2.24, 2.45) is 0 Å². The fourth-order valence-electron chi connectivity index (χ4n) is 4.38. The Balaban J connectivity index is 1.68. The van der Waals surface area contributed by atoms with Crippen LogP contribution < -0.4 is 10.1 Å². The molecule has 0 unspecified atom stereocenters. The molecule has 0 fully saturated rings. The van der Waals surface area contributed by atoms with Crippen LogP contribution in [-0.2, 0) is 22.6 Å². The first-order chi connectivity index (χ1) is 18.6. The van der Waals surface area contributed by atoms with Crippen LogP contribution in [0.4, 0.5) is 0 Å². The third kappa shape index (κ3) is 7.75. The molecule has 39 heavy (non-hydrogen) atoms. The molecule has 0 heterocycles. The van der Waals surface area contributed by atoms with Gasteiger partial charge in [-0.05, 0) is 55.5 Å². The standard InChI is InChI=1S/C32H32Cl2N2O3/c1-32(2,3)35-31(38)28(18-22-10-5-4-6-11-22)36(20-24-16-17-25(33)19-27(24)34)30(37)21-39-29-15-9-13-23-12-7-8-14-26(23)29/h4-17,19,28H,18,20-21H2,1-3H3,(H,35,38)/t28-/m1/s1. The van der Waals surface area contributed by atoms with Crippen molar-refractivity contribution < 1.29 is 14.3 Å². The number of nitrogens with one attached hydrogen (secondary N) is 1. The number of rotatable bonds is 9. The van der Waals surface area contributed by atoms with E-state index in [9.17, 15) is 9.59 Å². The topological polar surface area (TPSA) is 58.6 Å². The highest BCUT2D eigenvalue weighted by molar-refractivity contribution is 6.35. The quantitative estimate of drug-likeness (QED) is 0.237. The van der Waals surface area contributed by atoms with Crippen molar-refractivity contribution in [3.8, 4) is 5.75 Å². The lowest BCUT2D eigenvalue weighted by Crippen LogP contribution is -2.55. The summed E-state index contributed by atoms with van der Waals surface area (Å²) in [6, 6.07) is 27.5. The zero-order valence-electron chi connectivity index (χ0n) is 22.3. The van der Waals surface area contributed by atoms with Gasteiger partial charge in [0.2, 0.25) is 5.91 Å². The predicted octanol–water partition coefficient (Wildman–Crippen LogP) is 7.08. The summed E-state index contributed by atoms with van der Waals surface area (Å²) in [6.07, 6.45) is 0.327. The number of halogens is 2. The van der Waals surface area contributed by atoms with Gasteiger partial charge in [0, 0.05) is 33.9 Å². The van der Waals surface area contributed by atoms with Gasteiger partial charge in [-0.2, -0.15) is 0 Å². The molecule has 0 aliphatic carbocycles. The summed E-state index contributed by atoms with van der Waals surface area (Å²) in [7, 11) is 0. The van der Waals surface area contributed by atoms with Gasteiger partial charge in [0.15, 0.2) is 6.61 Å². The van der Waals surface area contributed by atoms with E-state index in [0.717, 1.165) is 16.3 Å². The number of benzene rings is 4. The normalized spacial score (nSPS) is 12.1. The molecule has 1 atom stereocenters. The fraction of sp³-hybridized carbons (Fsp3) is 0.250. The SMILES string of the molecule is CC(C)(C)NC(=O)[C@@H](Cc1ccccc1)N(Cc1ccc(Cl)cc1Cl)C(=O)COc1cccc2ccccc12. The van der Waals surface area contributed by atoms with Crippen LogP contribution in [0.25, 0.3) is 10.8 Å². The van der Waals surface area contributed by atoms with E-state index in [1.165, 1.54) is 0 Å². The number of hydrogen-bond donors (Lipinski definition) is 1. The summed E-state index contributed by atoms with van der Waals surface area (Å²) in [5, 5.41) is 5.89. The van der Waals surface area contributed by atoms with Gasteiger partial charge in [-0.3, -0.25) is 9.59 Å². The maximum atomic E-state index is 13.9. The van der Waals surface area contributed by atoms with E-state index in [4.69, 9.17) is 27.9 Å². The van der Waals surface area contributed by atoms with E-state index in [1.54, 1.807) is 23.1 Å². The van der Waals surface area contributed by atoms with E-state index in [0.29, 0.717) is 27.8 Å². The van der Waals surface area contributed by atoms with Crippen LogP contribution in [0.5, 0.6) is 5.75 Å². The van der Waals surface area contributed by atoms with Crippen LogP contribution in [0.2, 0.25) is 10.0 Å². The number of ether oxygens (including phenoxy) is 1. The summed E-state index contributed by atoms with van der Waals surface area (Å²) in [4.78, 5) is 29.1. The molecule has 4 aromatic rings. The van der Waals surface area contributed by atoms with Crippen molar-refractivity contribution in [3.63, 3.8) is 0 Å². The smallest absolute Gasteiger partial charge is 0.261 e. The number of nitrogens with zero attached hydrogens (tertiary/aromatic N) is 1. The second kappa shape index (κ2) is 12.5. The molecule has 0 aliphatic rings. The predicted molar refractivity (Wildman–Crippen MR) is 158 cm³/mol. The van der Waals surface area contributed by atoms with Crippen molar-refractivity contribution in [2.75, 3.05) is 6.61 Å². The molecule has 202 valence electrons. The Bertz CT molecular complexity index is 1450. The number of hydrogen-bond acceptors (Lipinski definition) is 3. The second-order valence-corrected chi connectivity index (χ2v) is 11.3. The van der Waals surface area contributed by atoms with E-state index < -0.39 is 11.6 Å². The van der Waals surface area contributed by atoms with Gasteiger partial charge in [-0.25, -0.2) is 0 Å². The van der Waals surface area contributed by atoms with Gasteiger partial charge in [0.05, 0.1) is 0 Å². The second-order valence-electron chi connectivity index (χ2n) is 10.5. The number of carbonyl (C=O) groups excluding carboxylic acids is 2. The minimum Gasteiger partial charge on any atom is -0.483 e. The molecule has 0 spiro atoms. The van der Waals surface area contributed by atoms with Gasteiger partial charge < -0.3 is 15.0 Å². The van der Waals surface area contributed by atoms with Gasteiger partial charge in [0.25, 0.3) is 5.91 Å². The van der Waals surface area contributed by atoms with Crippen LogP contribution in [0.15, 0.2) is 91.0 Å². The van der Waals surface area contributed by atoms with Crippen LogP contribution in [0, 0.1) is 0 Å². The molecule has 7 heteroatoms. The lowest BCUT2D eigenvalue weighted by Gasteiger charge is -2.34. The van der Waals surface area contributed by atoms with E-state index in [-0.39, 0.29) is 25.0 Å². The highest BCUT2D eigenvalue weighted by Gasteiger charge is 2.33. The first kappa shape index (κ1) is 28.5. The molecule has 0 saturated carbocycles. The average Bonchev–Trinajstić information content (AvgIpc) is 2.90. The van der Waals surface area contributed by atoms with Crippen LogP contribution >= 0.6 is 23.2 Å². The van der Waals surface area contributed by atoms with Crippen molar-refractivity contribution in [1.82, 2.24) is 10.2 Å². The largest absolute Gasteiger partial charge is 0.483 e. The monoisotopic (exact) mass is 562 g/mol. The Kier molecular flexibility index (Phi) is 9.16. The maximum Gasteiger partial charge on any atom is 0.261 e. The zero-order valence-corrected chi connectivity index (χ0v) is 23.8. The van der Waals surface area contributed by atoms with Crippen molar-refractivity contribution >= 4 is 45.8 Å². The molecular weight excluding hydrogens is 531 g/mol. The minimum atomic E-state index is -0.804. The molecule has 1 N–H and O–H groups in total. The molecule has 0 saturated heterocycles. The summed E-state index contributed by atoms with van der Waals surface area (Å²) in [5.41, 5.74) is 1.13. The lowest BCUT2D eigenvalue weighted by atomic mass is 10.0. The van der Waals surface area contributed by atoms with Gasteiger partial charge in [0.1, 0.15) is 11.8 Å². The van der Waals surface area contributed by atoms with Crippen LogP contribution in [0.1, 0.15) is 31.9 Å². The average molecular weight is 564 g/mol. The molecule has 5 nitrogen and oxygen atoms in total. The van der Waals surface area contributed by atoms with Crippen LogP contribution in [-0.4, -0.2) is 34.9 Å². The summed E-state index contributed by atoms with van der Waals surface area (Å²) in [6.45, 7) is 5.61. The Morgan fingerprint density at radius 3 is 2.31 bits per heavy atom. The van der Waals surface area contributed by atoms with Gasteiger partial charge >= 0.3 is 0 Å². The Labute approximate surface area is 239 Å². The fourth-order valence-corrected chi connectivity index (χ4v) is 4.85. The Morgan fingerprint density at radius 2 is 1.59 bits per heavy atom. The van der Waals surface area contributed by atoms with E-state index in [2.05, 4.69) is 5.32 Å². The lowest BCUT2D eigenvalue weighted by molar-refractivity contribution is -0.143. The summed E-state index contributed by atoms with van der Waals surface area (Å²) >= 11 is 12.6. The number of fused-ring (bicyclic) bond motifs is 1. The molecule has 0 bridgehead atoms. The van der Waals surface area contributed by atoms with Gasteiger partial charge in [-0.15, -0.1) is 0 Å². The Hall–Kier alpha value is -3.54. The molecule has 4 aromatic carbocycles. The van der Waals surface area contributed by atoms with E-state index in [1.807, 2.05) is 93.6 Å². The summed E-state index contributed by atoms with van der Waals surface area (Å²) < 4.78 is 6.05. The molecular formula is C32H32Cl2N2O3. The highest BCUT2D eigenvalue weighted by Crippen LogP contribution is 2.27. The molecule has 2 amide bonds. The highest BCUT2D eigenvalue weighted by atomic mass is 35.5. The molecule has 0 aromatic heterocycles. The number of carbonyl (C=O) groups is 2.